The van der Waals surface area contributed by atoms with Crippen molar-refractivity contribution >= 4 is 0 Å². The topological polar surface area (TPSA) is 72.3 Å². The molecule has 0 fully saturated rings. The van der Waals surface area contributed by atoms with Crippen molar-refractivity contribution in [1.29, 1.82) is 0 Å². The molecule has 3 aromatic rings. The minimum Gasteiger partial charge on any atom is -0.240 e. The van der Waals surface area contributed by atoms with Gasteiger partial charge in [0.1, 0.15) is 5.82 Å². The van der Waals surface area contributed by atoms with Crippen molar-refractivity contribution in [1.82, 2.24) is 30.4 Å². The van der Waals surface area contributed by atoms with Crippen molar-refractivity contribution in [3.63, 3.8) is 0 Å². The van der Waals surface area contributed by atoms with Crippen molar-refractivity contribution in [2.75, 3.05) is 0 Å². The van der Waals surface area contributed by atoms with Crippen LogP contribution < -0.4 is 0 Å². The van der Waals surface area contributed by atoms with Crippen molar-refractivity contribution < 1.29 is 4.39 Å². The minimum atomic E-state index is -0.306. The maximum Gasteiger partial charge on any atom is 0.207 e. The summed E-state index contributed by atoms with van der Waals surface area (Å²) in [6.07, 6.45) is 3.30. The van der Waals surface area contributed by atoms with Crippen LogP contribution in [-0.2, 0) is 0 Å². The first kappa shape index (κ1) is 9.64. The van der Waals surface area contributed by atoms with Crippen molar-refractivity contribution in [3.8, 4) is 17.1 Å². The number of rotatable bonds is 2. The third-order valence-electron chi connectivity index (χ3n) is 2.26. The van der Waals surface area contributed by atoms with E-state index in [9.17, 15) is 4.39 Å². The Bertz CT molecular complexity index is 630. The molecule has 2 heterocycles. The van der Waals surface area contributed by atoms with Crippen LogP contribution in [-0.4, -0.2) is 30.4 Å². The fraction of sp³-hybridized carbons (Fsp3) is 0. The third kappa shape index (κ3) is 1.78. The lowest BCUT2D eigenvalue weighted by atomic mass is 10.3. The molecule has 1 N–H and O–H groups in total. The van der Waals surface area contributed by atoms with Crippen molar-refractivity contribution in [3.05, 3.63) is 42.5 Å². The normalized spacial score (nSPS) is 10.6. The Labute approximate surface area is 95.1 Å². The SMILES string of the molecule is Fc1cccc(-n2cc(-c3nn[nH]n3)cn2)c1. The molecular formula is C10H7FN6. The lowest BCUT2D eigenvalue weighted by molar-refractivity contribution is 0.625. The minimum absolute atomic E-state index is 0.306. The predicted molar refractivity (Wildman–Crippen MR) is 56.7 cm³/mol. The fourth-order valence-electron chi connectivity index (χ4n) is 1.48. The Morgan fingerprint density at radius 1 is 1.29 bits per heavy atom. The summed E-state index contributed by atoms with van der Waals surface area (Å²) < 4.78 is 14.6. The molecule has 0 amide bonds. The molecular weight excluding hydrogens is 223 g/mol. The number of hydrogen-bond acceptors (Lipinski definition) is 4. The lowest BCUT2D eigenvalue weighted by Gasteiger charge is -1.99. The number of nitrogens with one attached hydrogen (secondary N) is 1. The number of H-pyrrole nitrogens is 1. The summed E-state index contributed by atoms with van der Waals surface area (Å²) in [5.74, 6) is 0.145. The van der Waals surface area contributed by atoms with E-state index >= 15 is 0 Å². The zero-order chi connectivity index (χ0) is 11.7. The number of hydrogen-bond donors (Lipinski definition) is 1. The predicted octanol–water partition coefficient (Wildman–Crippen LogP) is 1.19. The highest BCUT2D eigenvalue weighted by Crippen LogP contribution is 2.15. The highest BCUT2D eigenvalue weighted by atomic mass is 19.1. The van der Waals surface area contributed by atoms with Crippen LogP contribution in [0.15, 0.2) is 36.7 Å². The first-order valence-electron chi connectivity index (χ1n) is 4.87. The van der Waals surface area contributed by atoms with E-state index in [4.69, 9.17) is 0 Å². The van der Waals surface area contributed by atoms with Gasteiger partial charge in [-0.25, -0.2) is 9.07 Å². The summed E-state index contributed by atoms with van der Waals surface area (Å²) in [5.41, 5.74) is 1.35. The van der Waals surface area contributed by atoms with E-state index < -0.39 is 0 Å². The van der Waals surface area contributed by atoms with Gasteiger partial charge in [0, 0.05) is 6.20 Å². The Balaban J connectivity index is 2.01. The monoisotopic (exact) mass is 230 g/mol. The molecule has 0 aliphatic carbocycles. The first-order valence-corrected chi connectivity index (χ1v) is 4.87. The van der Waals surface area contributed by atoms with Crippen LogP contribution in [0.2, 0.25) is 0 Å². The van der Waals surface area contributed by atoms with E-state index in [1.807, 2.05) is 0 Å². The molecule has 84 valence electrons. The van der Waals surface area contributed by atoms with Gasteiger partial charge >= 0.3 is 0 Å². The Kier molecular flexibility index (Phi) is 2.14. The van der Waals surface area contributed by atoms with Gasteiger partial charge in [-0.15, -0.1) is 10.2 Å². The summed E-state index contributed by atoms with van der Waals surface area (Å²) in [7, 11) is 0. The van der Waals surface area contributed by atoms with Crippen LogP contribution in [0.25, 0.3) is 17.1 Å². The molecule has 0 radical (unpaired) electrons. The van der Waals surface area contributed by atoms with Crippen molar-refractivity contribution in [2.24, 2.45) is 0 Å². The second-order valence-corrected chi connectivity index (χ2v) is 3.39. The molecule has 0 unspecified atom stereocenters. The smallest absolute Gasteiger partial charge is 0.207 e. The average Bonchev–Trinajstić information content (AvgIpc) is 3.00. The van der Waals surface area contributed by atoms with Crippen LogP contribution in [0, 0.1) is 5.82 Å². The van der Waals surface area contributed by atoms with Crippen molar-refractivity contribution in [2.45, 2.75) is 0 Å². The van der Waals surface area contributed by atoms with Gasteiger partial charge in [-0.2, -0.15) is 10.3 Å². The molecule has 0 atom stereocenters. The summed E-state index contributed by atoms with van der Waals surface area (Å²) in [6, 6.07) is 6.16. The van der Waals surface area contributed by atoms with Gasteiger partial charge in [0.15, 0.2) is 0 Å². The van der Waals surface area contributed by atoms with Gasteiger partial charge in [0.05, 0.1) is 17.4 Å². The Morgan fingerprint density at radius 3 is 3.00 bits per heavy atom. The first-order chi connectivity index (χ1) is 8.33. The second kappa shape index (κ2) is 3.78. The van der Waals surface area contributed by atoms with Crippen LogP contribution in [0.3, 0.4) is 0 Å². The molecule has 0 saturated carbocycles. The molecule has 0 aliphatic heterocycles. The van der Waals surface area contributed by atoms with E-state index in [0.717, 1.165) is 0 Å². The van der Waals surface area contributed by atoms with Gasteiger partial charge in [0.2, 0.25) is 5.82 Å². The average molecular weight is 230 g/mol. The lowest BCUT2D eigenvalue weighted by Crippen LogP contribution is -1.94. The molecule has 0 saturated heterocycles. The fourth-order valence-corrected chi connectivity index (χ4v) is 1.48. The van der Waals surface area contributed by atoms with E-state index in [2.05, 4.69) is 25.7 Å². The number of tetrazole rings is 1. The number of nitrogens with zero attached hydrogens (tertiary/aromatic N) is 5. The zero-order valence-corrected chi connectivity index (χ0v) is 8.58. The Morgan fingerprint density at radius 2 is 2.24 bits per heavy atom. The molecule has 0 aliphatic rings. The van der Waals surface area contributed by atoms with Gasteiger partial charge in [-0.1, -0.05) is 6.07 Å². The molecule has 7 heteroatoms. The second-order valence-electron chi connectivity index (χ2n) is 3.39. The summed E-state index contributed by atoms with van der Waals surface area (Å²) >= 11 is 0. The number of benzene rings is 1. The number of halogens is 1. The van der Waals surface area contributed by atoms with E-state index in [-0.39, 0.29) is 5.82 Å². The largest absolute Gasteiger partial charge is 0.240 e. The maximum absolute atomic E-state index is 13.1. The molecule has 0 spiro atoms. The highest BCUT2D eigenvalue weighted by Gasteiger charge is 2.07. The van der Waals surface area contributed by atoms with Gasteiger partial charge in [-0.3, -0.25) is 0 Å². The molecule has 6 nitrogen and oxygen atoms in total. The standard InChI is InChI=1S/C10H7FN6/c11-8-2-1-3-9(4-8)17-6-7(5-12-17)10-13-15-16-14-10/h1-6H,(H,13,14,15,16). The maximum atomic E-state index is 13.1. The van der Waals surface area contributed by atoms with Crippen LogP contribution >= 0.6 is 0 Å². The van der Waals surface area contributed by atoms with Crippen LogP contribution in [0.4, 0.5) is 4.39 Å². The number of aromatic amines is 1. The van der Waals surface area contributed by atoms with Gasteiger partial charge < -0.3 is 0 Å². The van der Waals surface area contributed by atoms with E-state index in [1.54, 1.807) is 29.2 Å². The van der Waals surface area contributed by atoms with E-state index in [0.29, 0.717) is 17.1 Å². The quantitative estimate of drug-likeness (QED) is 0.717. The highest BCUT2D eigenvalue weighted by molar-refractivity contribution is 5.51. The third-order valence-corrected chi connectivity index (χ3v) is 2.26. The zero-order valence-electron chi connectivity index (χ0n) is 8.58. The summed E-state index contributed by atoms with van der Waals surface area (Å²) in [6.45, 7) is 0. The van der Waals surface area contributed by atoms with E-state index in [1.165, 1.54) is 12.1 Å². The summed E-state index contributed by atoms with van der Waals surface area (Å²) in [4.78, 5) is 0. The molecule has 17 heavy (non-hydrogen) atoms. The Hall–Kier alpha value is -2.57. The molecule has 3 rings (SSSR count). The summed E-state index contributed by atoms with van der Waals surface area (Å²) in [5, 5.41) is 17.6. The van der Waals surface area contributed by atoms with Crippen LogP contribution in [0.1, 0.15) is 0 Å². The molecule has 0 bridgehead atoms. The van der Waals surface area contributed by atoms with Gasteiger partial charge in [0.25, 0.3) is 0 Å². The van der Waals surface area contributed by atoms with Crippen LogP contribution in [0.5, 0.6) is 0 Å². The molecule has 2 aromatic heterocycles. The number of aromatic nitrogens is 6. The molecule has 1 aromatic carbocycles. The van der Waals surface area contributed by atoms with Gasteiger partial charge in [-0.05, 0) is 23.4 Å².